The van der Waals surface area contributed by atoms with E-state index in [1.807, 2.05) is 30.3 Å². The van der Waals surface area contributed by atoms with Gasteiger partial charge in [0.15, 0.2) is 0 Å². The van der Waals surface area contributed by atoms with E-state index in [9.17, 15) is 22.8 Å². The highest BCUT2D eigenvalue weighted by molar-refractivity contribution is 5.79. The SMILES string of the molecule is O=C(CC(F)(F)F)NC[C@@H]1CC(=O)N(Cc2ccccc2)C1. The van der Waals surface area contributed by atoms with E-state index in [1.54, 1.807) is 4.90 Å². The molecule has 4 nitrogen and oxygen atoms in total. The Kier molecular flexibility index (Phi) is 5.05. The zero-order valence-electron chi connectivity index (χ0n) is 11.9. The molecule has 0 bridgehead atoms. The number of hydrogen-bond donors (Lipinski definition) is 1. The first-order valence-electron chi connectivity index (χ1n) is 6.98. The third-order valence-corrected chi connectivity index (χ3v) is 3.46. The van der Waals surface area contributed by atoms with Crippen molar-refractivity contribution in [1.29, 1.82) is 0 Å². The van der Waals surface area contributed by atoms with Crippen LogP contribution in [-0.2, 0) is 16.1 Å². The maximum Gasteiger partial charge on any atom is 0.397 e. The third-order valence-electron chi connectivity index (χ3n) is 3.46. The minimum atomic E-state index is -4.51. The van der Waals surface area contributed by atoms with Crippen molar-refractivity contribution in [1.82, 2.24) is 10.2 Å². The molecule has 1 aromatic rings. The fourth-order valence-corrected chi connectivity index (χ4v) is 2.45. The van der Waals surface area contributed by atoms with Crippen molar-refractivity contribution in [3.63, 3.8) is 0 Å². The Labute approximate surface area is 126 Å². The second-order valence-electron chi connectivity index (χ2n) is 5.43. The predicted molar refractivity (Wildman–Crippen MR) is 73.6 cm³/mol. The summed E-state index contributed by atoms with van der Waals surface area (Å²) in [6, 6.07) is 9.46. The zero-order chi connectivity index (χ0) is 16.2. The molecule has 1 atom stereocenters. The van der Waals surface area contributed by atoms with Gasteiger partial charge in [-0.25, -0.2) is 0 Å². The van der Waals surface area contributed by atoms with E-state index in [4.69, 9.17) is 0 Å². The van der Waals surface area contributed by atoms with Crippen LogP contribution < -0.4 is 5.32 Å². The first-order valence-corrected chi connectivity index (χ1v) is 6.98. The van der Waals surface area contributed by atoms with E-state index < -0.39 is 18.5 Å². The number of likely N-dealkylation sites (tertiary alicyclic amines) is 1. The molecule has 0 aliphatic carbocycles. The van der Waals surface area contributed by atoms with Gasteiger partial charge in [-0.3, -0.25) is 9.59 Å². The molecule has 1 aliphatic heterocycles. The summed E-state index contributed by atoms with van der Waals surface area (Å²) in [6.07, 6.45) is -5.74. The van der Waals surface area contributed by atoms with E-state index in [-0.39, 0.29) is 24.8 Å². The lowest BCUT2D eigenvalue weighted by Gasteiger charge is -2.17. The third kappa shape index (κ3) is 5.05. The second-order valence-corrected chi connectivity index (χ2v) is 5.43. The summed E-state index contributed by atoms with van der Waals surface area (Å²) in [5, 5.41) is 2.25. The molecule has 1 N–H and O–H groups in total. The van der Waals surface area contributed by atoms with Crippen LogP contribution in [0.5, 0.6) is 0 Å². The van der Waals surface area contributed by atoms with Gasteiger partial charge in [0.2, 0.25) is 11.8 Å². The average Bonchev–Trinajstić information content (AvgIpc) is 2.76. The quantitative estimate of drug-likeness (QED) is 0.905. The molecule has 1 aromatic carbocycles. The molecule has 22 heavy (non-hydrogen) atoms. The zero-order valence-corrected chi connectivity index (χ0v) is 11.9. The lowest BCUT2D eigenvalue weighted by atomic mass is 10.1. The fourth-order valence-electron chi connectivity index (χ4n) is 2.45. The van der Waals surface area contributed by atoms with Crippen molar-refractivity contribution >= 4 is 11.8 Å². The van der Waals surface area contributed by atoms with E-state index >= 15 is 0 Å². The molecule has 120 valence electrons. The average molecular weight is 314 g/mol. The van der Waals surface area contributed by atoms with Crippen LogP contribution >= 0.6 is 0 Å². The lowest BCUT2D eigenvalue weighted by molar-refractivity contribution is -0.153. The number of nitrogens with zero attached hydrogens (tertiary/aromatic N) is 1. The van der Waals surface area contributed by atoms with Crippen LogP contribution in [0.15, 0.2) is 30.3 Å². The number of nitrogens with one attached hydrogen (secondary N) is 1. The van der Waals surface area contributed by atoms with Gasteiger partial charge in [-0.2, -0.15) is 13.2 Å². The van der Waals surface area contributed by atoms with Gasteiger partial charge >= 0.3 is 6.18 Å². The van der Waals surface area contributed by atoms with Crippen molar-refractivity contribution in [2.24, 2.45) is 5.92 Å². The van der Waals surface area contributed by atoms with Gasteiger partial charge in [-0.1, -0.05) is 30.3 Å². The summed E-state index contributed by atoms with van der Waals surface area (Å²) in [4.78, 5) is 24.7. The molecule has 0 saturated carbocycles. The fraction of sp³-hybridized carbons (Fsp3) is 0.467. The molecule has 1 heterocycles. The molecule has 1 fully saturated rings. The summed E-state index contributed by atoms with van der Waals surface area (Å²) in [5.74, 6) is -1.24. The summed E-state index contributed by atoms with van der Waals surface area (Å²) in [7, 11) is 0. The predicted octanol–water partition coefficient (Wildman–Crippen LogP) is 2.10. The molecule has 2 rings (SSSR count). The number of carbonyl (C=O) groups is 2. The minimum absolute atomic E-state index is 0.0427. The topological polar surface area (TPSA) is 49.4 Å². The largest absolute Gasteiger partial charge is 0.397 e. The Morgan fingerprint density at radius 1 is 1.27 bits per heavy atom. The van der Waals surface area contributed by atoms with Gasteiger partial charge in [0, 0.05) is 32.0 Å². The number of rotatable bonds is 5. The normalized spacial score (nSPS) is 18.6. The maximum absolute atomic E-state index is 12.0. The molecule has 0 radical (unpaired) electrons. The monoisotopic (exact) mass is 314 g/mol. The number of benzene rings is 1. The van der Waals surface area contributed by atoms with Crippen LogP contribution in [0.4, 0.5) is 13.2 Å². The molecule has 7 heteroatoms. The molecular formula is C15H17F3N2O2. The highest BCUT2D eigenvalue weighted by Crippen LogP contribution is 2.21. The van der Waals surface area contributed by atoms with Crippen molar-refractivity contribution < 1.29 is 22.8 Å². The summed E-state index contributed by atoms with van der Waals surface area (Å²) in [6.45, 7) is 1.01. The van der Waals surface area contributed by atoms with Gasteiger partial charge in [-0.05, 0) is 5.56 Å². The molecule has 0 spiro atoms. The molecule has 1 aliphatic rings. The number of halogens is 3. The second kappa shape index (κ2) is 6.81. The number of amides is 2. The van der Waals surface area contributed by atoms with Gasteiger partial charge in [0.25, 0.3) is 0 Å². The van der Waals surface area contributed by atoms with E-state index in [2.05, 4.69) is 5.32 Å². The molecule has 2 amide bonds. The van der Waals surface area contributed by atoms with E-state index in [0.29, 0.717) is 13.1 Å². The van der Waals surface area contributed by atoms with Crippen molar-refractivity contribution in [3.05, 3.63) is 35.9 Å². The van der Waals surface area contributed by atoms with Crippen LogP contribution in [0.25, 0.3) is 0 Å². The Morgan fingerprint density at radius 2 is 1.95 bits per heavy atom. The van der Waals surface area contributed by atoms with Crippen molar-refractivity contribution in [2.45, 2.75) is 25.6 Å². The smallest absolute Gasteiger partial charge is 0.355 e. The molecule has 0 unspecified atom stereocenters. The standard InChI is InChI=1S/C15H17F3N2O2/c16-15(17,18)7-13(21)19-8-12-6-14(22)20(10-12)9-11-4-2-1-3-5-11/h1-5,12H,6-10H2,(H,19,21)/t12-/m0/s1. The molecule has 1 saturated heterocycles. The minimum Gasteiger partial charge on any atom is -0.355 e. The number of alkyl halides is 3. The maximum atomic E-state index is 12.0. The van der Waals surface area contributed by atoms with Crippen LogP contribution in [0.2, 0.25) is 0 Å². The van der Waals surface area contributed by atoms with Crippen molar-refractivity contribution in [3.8, 4) is 0 Å². The Hall–Kier alpha value is -2.05. The Balaban J connectivity index is 1.79. The molecule has 0 aromatic heterocycles. The van der Waals surface area contributed by atoms with Gasteiger partial charge in [-0.15, -0.1) is 0 Å². The van der Waals surface area contributed by atoms with Crippen molar-refractivity contribution in [2.75, 3.05) is 13.1 Å². The van der Waals surface area contributed by atoms with Crippen LogP contribution in [-0.4, -0.2) is 36.0 Å². The van der Waals surface area contributed by atoms with Gasteiger partial charge in [0.1, 0.15) is 6.42 Å². The van der Waals surface area contributed by atoms with Crippen LogP contribution in [0, 0.1) is 5.92 Å². The summed E-state index contributed by atoms with van der Waals surface area (Å²) >= 11 is 0. The Bertz CT molecular complexity index is 531. The highest BCUT2D eigenvalue weighted by Gasteiger charge is 2.33. The van der Waals surface area contributed by atoms with Crippen LogP contribution in [0.3, 0.4) is 0 Å². The van der Waals surface area contributed by atoms with Gasteiger partial charge in [0.05, 0.1) is 0 Å². The highest BCUT2D eigenvalue weighted by atomic mass is 19.4. The van der Waals surface area contributed by atoms with Gasteiger partial charge < -0.3 is 10.2 Å². The number of hydrogen-bond acceptors (Lipinski definition) is 2. The molecular weight excluding hydrogens is 297 g/mol. The summed E-state index contributed by atoms with van der Waals surface area (Å²) in [5.41, 5.74) is 0.998. The Morgan fingerprint density at radius 3 is 2.59 bits per heavy atom. The van der Waals surface area contributed by atoms with Crippen LogP contribution in [0.1, 0.15) is 18.4 Å². The number of carbonyl (C=O) groups excluding carboxylic acids is 2. The van der Waals surface area contributed by atoms with E-state index in [1.165, 1.54) is 0 Å². The first kappa shape index (κ1) is 16.3. The lowest BCUT2D eigenvalue weighted by Crippen LogP contribution is -2.33. The first-order chi connectivity index (χ1) is 10.3. The summed E-state index contributed by atoms with van der Waals surface area (Å²) < 4.78 is 36.1. The van der Waals surface area contributed by atoms with E-state index in [0.717, 1.165) is 5.56 Å².